The zero-order chi connectivity index (χ0) is 24.5. The third kappa shape index (κ3) is 4.67. The summed E-state index contributed by atoms with van der Waals surface area (Å²) >= 11 is 6.30. The van der Waals surface area contributed by atoms with Crippen molar-refractivity contribution in [1.29, 1.82) is 0 Å². The molecule has 0 amide bonds. The van der Waals surface area contributed by atoms with Crippen molar-refractivity contribution >= 4 is 23.1 Å². The van der Waals surface area contributed by atoms with E-state index in [0.717, 1.165) is 28.6 Å². The lowest BCUT2D eigenvalue weighted by molar-refractivity contribution is 0.149. The molecule has 2 N–H and O–H groups in total. The lowest BCUT2D eigenvalue weighted by Crippen LogP contribution is -2.35. The molecule has 0 radical (unpaired) electrons. The van der Waals surface area contributed by atoms with Gasteiger partial charge in [-0.25, -0.2) is 9.37 Å². The lowest BCUT2D eigenvalue weighted by Gasteiger charge is -2.34. The van der Waals surface area contributed by atoms with Crippen LogP contribution in [0.4, 0.5) is 15.9 Å². The second-order valence-electron chi connectivity index (χ2n) is 8.71. The van der Waals surface area contributed by atoms with Crippen LogP contribution < -0.4 is 5.32 Å². The minimum atomic E-state index is -0.910. The van der Waals surface area contributed by atoms with Gasteiger partial charge in [-0.05, 0) is 49.4 Å². The van der Waals surface area contributed by atoms with Crippen molar-refractivity contribution in [2.24, 2.45) is 0 Å². The van der Waals surface area contributed by atoms with Gasteiger partial charge in [0.1, 0.15) is 29.3 Å². The van der Waals surface area contributed by atoms with Gasteiger partial charge in [0.2, 0.25) is 0 Å². The predicted octanol–water partition coefficient (Wildman–Crippen LogP) is 6.46. The van der Waals surface area contributed by atoms with Crippen molar-refractivity contribution in [1.82, 2.24) is 14.5 Å². The van der Waals surface area contributed by atoms with Crippen molar-refractivity contribution in [3.05, 3.63) is 113 Å². The first-order valence-electron chi connectivity index (χ1n) is 11.5. The number of imidazole rings is 1. The molecule has 5 nitrogen and oxygen atoms in total. The SMILES string of the molecule is C=C(C(O)c1ccccc1Cl)N1CCn2c(nc(-c3ccc(F)cc3)c2Nc2ccc(C)cc2)C1. The summed E-state index contributed by atoms with van der Waals surface area (Å²) in [6.45, 7) is 7.98. The van der Waals surface area contributed by atoms with Gasteiger partial charge in [0, 0.05) is 40.6 Å². The van der Waals surface area contributed by atoms with E-state index in [-0.39, 0.29) is 5.82 Å². The number of nitrogens with one attached hydrogen (secondary N) is 1. The smallest absolute Gasteiger partial charge is 0.138 e. The molecule has 1 aliphatic rings. The Morgan fingerprint density at radius 3 is 2.49 bits per heavy atom. The number of anilines is 2. The summed E-state index contributed by atoms with van der Waals surface area (Å²) in [6.07, 6.45) is -0.910. The highest BCUT2D eigenvalue weighted by atomic mass is 35.5. The van der Waals surface area contributed by atoms with Gasteiger partial charge in [-0.2, -0.15) is 0 Å². The maximum absolute atomic E-state index is 13.6. The van der Waals surface area contributed by atoms with E-state index in [2.05, 4.69) is 28.6 Å². The number of halogens is 2. The molecular weight excluding hydrogens is 463 g/mol. The summed E-state index contributed by atoms with van der Waals surface area (Å²) in [5.74, 6) is 1.40. The molecule has 2 heterocycles. The molecule has 4 aromatic rings. The Bertz CT molecular complexity index is 1360. The number of aromatic nitrogens is 2. The number of aliphatic hydroxyl groups excluding tert-OH is 1. The van der Waals surface area contributed by atoms with Crippen LogP contribution in [0.5, 0.6) is 0 Å². The second-order valence-corrected chi connectivity index (χ2v) is 9.12. The molecule has 35 heavy (non-hydrogen) atoms. The Hall–Kier alpha value is -3.61. The Morgan fingerprint density at radius 2 is 1.77 bits per heavy atom. The van der Waals surface area contributed by atoms with Crippen LogP contribution in [-0.2, 0) is 13.1 Å². The van der Waals surface area contributed by atoms with E-state index in [9.17, 15) is 9.50 Å². The van der Waals surface area contributed by atoms with Crippen molar-refractivity contribution in [2.45, 2.75) is 26.1 Å². The number of hydrogen-bond donors (Lipinski definition) is 2. The van der Waals surface area contributed by atoms with Crippen molar-refractivity contribution in [3.8, 4) is 11.3 Å². The second kappa shape index (κ2) is 9.56. The highest BCUT2D eigenvalue weighted by Gasteiger charge is 2.28. The zero-order valence-electron chi connectivity index (χ0n) is 19.4. The van der Waals surface area contributed by atoms with E-state index in [1.54, 1.807) is 24.3 Å². The first-order chi connectivity index (χ1) is 16.9. The van der Waals surface area contributed by atoms with Gasteiger partial charge >= 0.3 is 0 Å². The molecule has 0 fully saturated rings. The zero-order valence-corrected chi connectivity index (χ0v) is 20.1. The first kappa shape index (κ1) is 23.1. The number of rotatable bonds is 6. The molecule has 3 aromatic carbocycles. The van der Waals surface area contributed by atoms with E-state index < -0.39 is 6.10 Å². The summed E-state index contributed by atoms with van der Waals surface area (Å²) < 4.78 is 15.8. The standard InChI is InChI=1S/C28H26ClFN4O/c1-18-7-13-22(14-8-18)31-28-26(20-9-11-21(30)12-10-20)32-25-17-33(15-16-34(25)28)19(2)27(35)23-5-3-4-6-24(23)29/h3-14,27,31,35H,2,15-17H2,1H3. The molecular formula is C28H26ClFN4O. The molecule has 0 spiro atoms. The Morgan fingerprint density at radius 1 is 1.06 bits per heavy atom. The summed E-state index contributed by atoms with van der Waals surface area (Å²) in [4.78, 5) is 6.96. The van der Waals surface area contributed by atoms with Crippen LogP contribution in [0, 0.1) is 12.7 Å². The molecule has 0 saturated carbocycles. The molecule has 1 atom stereocenters. The van der Waals surface area contributed by atoms with E-state index in [4.69, 9.17) is 16.6 Å². The molecule has 1 aromatic heterocycles. The quantitative estimate of drug-likeness (QED) is 0.327. The third-order valence-corrected chi connectivity index (χ3v) is 6.67. The molecule has 0 bridgehead atoms. The molecule has 178 valence electrons. The number of aliphatic hydroxyl groups is 1. The maximum atomic E-state index is 13.6. The normalized spacial score (nSPS) is 13.9. The Labute approximate surface area is 209 Å². The minimum Gasteiger partial charge on any atom is -0.382 e. The Balaban J connectivity index is 1.47. The van der Waals surface area contributed by atoms with Gasteiger partial charge in [0.15, 0.2) is 0 Å². The number of fused-ring (bicyclic) bond motifs is 1. The lowest BCUT2D eigenvalue weighted by atomic mass is 10.1. The molecule has 1 unspecified atom stereocenters. The minimum absolute atomic E-state index is 0.290. The van der Waals surface area contributed by atoms with Crippen LogP contribution in [0.25, 0.3) is 11.3 Å². The maximum Gasteiger partial charge on any atom is 0.138 e. The highest BCUT2D eigenvalue weighted by molar-refractivity contribution is 6.31. The van der Waals surface area contributed by atoms with Crippen molar-refractivity contribution in [3.63, 3.8) is 0 Å². The summed E-state index contributed by atoms with van der Waals surface area (Å²) in [5, 5.41) is 15.0. The number of benzene rings is 3. The van der Waals surface area contributed by atoms with Crippen molar-refractivity contribution < 1.29 is 9.50 Å². The average Bonchev–Trinajstić information content (AvgIpc) is 3.22. The third-order valence-electron chi connectivity index (χ3n) is 6.33. The topological polar surface area (TPSA) is 53.3 Å². The fourth-order valence-corrected chi connectivity index (χ4v) is 4.57. The van der Waals surface area contributed by atoms with E-state index in [0.29, 0.717) is 35.9 Å². The van der Waals surface area contributed by atoms with Crippen LogP contribution in [0.15, 0.2) is 85.1 Å². The van der Waals surface area contributed by atoms with Gasteiger partial charge in [0.05, 0.1) is 6.54 Å². The van der Waals surface area contributed by atoms with Crippen LogP contribution in [0.2, 0.25) is 5.02 Å². The summed E-state index contributed by atoms with van der Waals surface area (Å²) in [7, 11) is 0. The predicted molar refractivity (Wildman–Crippen MR) is 138 cm³/mol. The molecule has 5 rings (SSSR count). The molecule has 0 saturated heterocycles. The van der Waals surface area contributed by atoms with Crippen LogP contribution in [-0.4, -0.2) is 26.1 Å². The van der Waals surface area contributed by atoms with Gasteiger partial charge in [-0.3, -0.25) is 0 Å². The number of nitrogens with zero attached hydrogens (tertiary/aromatic N) is 3. The number of hydrogen-bond acceptors (Lipinski definition) is 4. The van der Waals surface area contributed by atoms with E-state index in [1.807, 2.05) is 36.1 Å². The fourth-order valence-electron chi connectivity index (χ4n) is 4.34. The largest absolute Gasteiger partial charge is 0.382 e. The first-order valence-corrected chi connectivity index (χ1v) is 11.8. The molecule has 1 aliphatic heterocycles. The van der Waals surface area contributed by atoms with E-state index >= 15 is 0 Å². The monoisotopic (exact) mass is 488 g/mol. The van der Waals surface area contributed by atoms with Gasteiger partial charge < -0.3 is 19.9 Å². The van der Waals surface area contributed by atoms with Crippen LogP contribution in [0.3, 0.4) is 0 Å². The highest BCUT2D eigenvalue weighted by Crippen LogP contribution is 2.36. The van der Waals surface area contributed by atoms with Gasteiger partial charge in [-0.15, -0.1) is 0 Å². The fraction of sp³-hybridized carbons (Fsp3) is 0.179. The van der Waals surface area contributed by atoms with Gasteiger partial charge in [-0.1, -0.05) is 54.1 Å². The van der Waals surface area contributed by atoms with Crippen molar-refractivity contribution in [2.75, 3.05) is 11.9 Å². The van der Waals surface area contributed by atoms with Gasteiger partial charge in [0.25, 0.3) is 0 Å². The molecule has 7 heteroatoms. The van der Waals surface area contributed by atoms with Crippen LogP contribution >= 0.6 is 11.6 Å². The van der Waals surface area contributed by atoms with Crippen LogP contribution in [0.1, 0.15) is 23.1 Å². The van der Waals surface area contributed by atoms with E-state index in [1.165, 1.54) is 17.7 Å². The Kier molecular flexibility index (Phi) is 6.32. The summed E-state index contributed by atoms with van der Waals surface area (Å²) in [5.41, 5.74) is 4.90. The average molecular weight is 489 g/mol. The summed E-state index contributed by atoms with van der Waals surface area (Å²) in [6, 6.07) is 21.8. The number of aryl methyl sites for hydroxylation is 1. The molecule has 0 aliphatic carbocycles.